The van der Waals surface area contributed by atoms with E-state index in [4.69, 9.17) is 0 Å². The number of nitrogens with zero attached hydrogens (tertiary/aromatic N) is 2. The molecule has 2 rings (SSSR count). The highest BCUT2D eigenvalue weighted by molar-refractivity contribution is 7.99. The highest BCUT2D eigenvalue weighted by Crippen LogP contribution is 2.20. The summed E-state index contributed by atoms with van der Waals surface area (Å²) in [6.45, 7) is 2.60. The van der Waals surface area contributed by atoms with Gasteiger partial charge < -0.3 is 5.32 Å². The molecule has 0 aromatic carbocycles. The van der Waals surface area contributed by atoms with E-state index >= 15 is 0 Å². The van der Waals surface area contributed by atoms with Crippen LogP contribution in [-0.2, 0) is 6.54 Å². The Kier molecular flexibility index (Phi) is 5.55. The molecule has 104 valence electrons. The molecule has 0 saturated carbocycles. The zero-order valence-electron chi connectivity index (χ0n) is 11.4. The van der Waals surface area contributed by atoms with Crippen LogP contribution in [0.1, 0.15) is 29.3 Å². The van der Waals surface area contributed by atoms with Crippen molar-refractivity contribution in [3.05, 3.63) is 54.0 Å². The maximum Gasteiger partial charge on any atom is 0.254 e. The van der Waals surface area contributed by atoms with Crippen LogP contribution < -0.4 is 5.32 Å². The third-order valence-corrected chi connectivity index (χ3v) is 3.87. The second-order valence-electron chi connectivity index (χ2n) is 4.24. The summed E-state index contributed by atoms with van der Waals surface area (Å²) in [6.07, 6.45) is 6.21. The average molecular weight is 287 g/mol. The fraction of sp³-hybridized carbons (Fsp3) is 0.267. The van der Waals surface area contributed by atoms with Crippen LogP contribution in [0.25, 0.3) is 0 Å². The SMILES string of the molecule is CCCSc1ncccc1C(=O)NCc1ccncc1. The van der Waals surface area contributed by atoms with Crippen LogP contribution in [-0.4, -0.2) is 21.6 Å². The Morgan fingerprint density at radius 3 is 2.80 bits per heavy atom. The predicted octanol–water partition coefficient (Wildman–Crippen LogP) is 2.91. The topological polar surface area (TPSA) is 54.9 Å². The molecule has 1 amide bonds. The highest BCUT2D eigenvalue weighted by atomic mass is 32.2. The molecule has 2 aromatic heterocycles. The van der Waals surface area contributed by atoms with Crippen LogP contribution >= 0.6 is 11.8 Å². The lowest BCUT2D eigenvalue weighted by Crippen LogP contribution is -2.23. The van der Waals surface area contributed by atoms with Crippen LogP contribution in [0.4, 0.5) is 0 Å². The standard InChI is InChI=1S/C15H17N3OS/c1-2-10-20-15-13(4-3-7-17-15)14(19)18-11-12-5-8-16-9-6-12/h3-9H,2,10-11H2,1H3,(H,18,19). The number of nitrogens with one attached hydrogen (secondary N) is 1. The van der Waals surface area contributed by atoms with Gasteiger partial charge in [-0.2, -0.15) is 0 Å². The van der Waals surface area contributed by atoms with Crippen LogP contribution in [0.15, 0.2) is 47.9 Å². The summed E-state index contributed by atoms with van der Waals surface area (Å²) in [5.74, 6) is 0.871. The Labute approximate surface area is 123 Å². The first kappa shape index (κ1) is 14.5. The normalized spacial score (nSPS) is 10.2. The van der Waals surface area contributed by atoms with E-state index in [1.165, 1.54) is 0 Å². The van der Waals surface area contributed by atoms with E-state index in [-0.39, 0.29) is 5.91 Å². The van der Waals surface area contributed by atoms with Crippen LogP contribution in [0, 0.1) is 0 Å². The number of hydrogen-bond donors (Lipinski definition) is 1. The van der Waals surface area contributed by atoms with Gasteiger partial charge in [-0.3, -0.25) is 9.78 Å². The summed E-state index contributed by atoms with van der Waals surface area (Å²) in [5, 5.41) is 3.71. The van der Waals surface area contributed by atoms with Crippen molar-refractivity contribution in [2.75, 3.05) is 5.75 Å². The highest BCUT2D eigenvalue weighted by Gasteiger charge is 2.11. The second kappa shape index (κ2) is 7.65. The first-order valence-electron chi connectivity index (χ1n) is 6.56. The van der Waals surface area contributed by atoms with Crippen molar-refractivity contribution < 1.29 is 4.79 Å². The summed E-state index contributed by atoms with van der Waals surface area (Å²) < 4.78 is 0. The number of carbonyl (C=O) groups is 1. The van der Waals surface area contributed by atoms with Crippen molar-refractivity contribution in [3.8, 4) is 0 Å². The van der Waals surface area contributed by atoms with Crippen molar-refractivity contribution in [1.29, 1.82) is 0 Å². The molecule has 5 heteroatoms. The van der Waals surface area contributed by atoms with E-state index in [0.29, 0.717) is 12.1 Å². The van der Waals surface area contributed by atoms with E-state index in [9.17, 15) is 4.79 Å². The van der Waals surface area contributed by atoms with E-state index in [1.54, 1.807) is 36.4 Å². The van der Waals surface area contributed by atoms with Crippen LogP contribution in [0.5, 0.6) is 0 Å². The minimum Gasteiger partial charge on any atom is -0.348 e. The molecule has 0 unspecified atom stereocenters. The third kappa shape index (κ3) is 4.06. The minimum atomic E-state index is -0.0893. The number of carbonyl (C=O) groups excluding carboxylic acids is 1. The lowest BCUT2D eigenvalue weighted by atomic mass is 10.2. The second-order valence-corrected chi connectivity index (χ2v) is 5.33. The molecule has 20 heavy (non-hydrogen) atoms. The van der Waals surface area contributed by atoms with Gasteiger partial charge in [-0.15, -0.1) is 11.8 Å². The number of rotatable bonds is 6. The molecular formula is C15H17N3OS. The van der Waals surface area contributed by atoms with Gasteiger partial charge in [0, 0.05) is 25.1 Å². The van der Waals surface area contributed by atoms with Gasteiger partial charge in [-0.25, -0.2) is 4.98 Å². The molecule has 0 fully saturated rings. The van der Waals surface area contributed by atoms with Gasteiger partial charge in [0.1, 0.15) is 5.03 Å². The minimum absolute atomic E-state index is 0.0893. The number of thioether (sulfide) groups is 1. The molecule has 0 saturated heterocycles. The first-order valence-corrected chi connectivity index (χ1v) is 7.54. The summed E-state index contributed by atoms with van der Waals surface area (Å²) in [4.78, 5) is 20.5. The lowest BCUT2D eigenvalue weighted by Gasteiger charge is -2.08. The summed E-state index contributed by atoms with van der Waals surface area (Å²) in [7, 11) is 0. The molecule has 0 aliphatic rings. The molecule has 0 atom stereocenters. The molecule has 0 radical (unpaired) electrons. The Bertz CT molecular complexity index is 560. The van der Waals surface area contributed by atoms with E-state index in [1.807, 2.05) is 18.2 Å². The lowest BCUT2D eigenvalue weighted by molar-refractivity contribution is 0.0947. The molecule has 0 spiro atoms. The molecule has 0 aliphatic carbocycles. The Balaban J connectivity index is 2.01. The summed E-state index contributed by atoms with van der Waals surface area (Å²) in [6, 6.07) is 7.37. The van der Waals surface area contributed by atoms with Gasteiger partial charge in [0.25, 0.3) is 5.91 Å². The van der Waals surface area contributed by atoms with Gasteiger partial charge in [0.15, 0.2) is 0 Å². The van der Waals surface area contributed by atoms with Crippen LogP contribution in [0.3, 0.4) is 0 Å². The van der Waals surface area contributed by atoms with Crippen molar-refractivity contribution in [3.63, 3.8) is 0 Å². The average Bonchev–Trinajstić information content (AvgIpc) is 2.52. The Hall–Kier alpha value is -1.88. The van der Waals surface area contributed by atoms with Gasteiger partial charge in [-0.05, 0) is 42.0 Å². The number of aromatic nitrogens is 2. The molecule has 1 N–H and O–H groups in total. The molecule has 4 nitrogen and oxygen atoms in total. The molecule has 0 bridgehead atoms. The molecular weight excluding hydrogens is 270 g/mol. The summed E-state index contributed by atoms with van der Waals surface area (Å²) >= 11 is 1.62. The third-order valence-electron chi connectivity index (χ3n) is 2.66. The zero-order chi connectivity index (χ0) is 14.2. The quantitative estimate of drug-likeness (QED) is 0.830. The van der Waals surface area contributed by atoms with Crippen molar-refractivity contribution in [2.45, 2.75) is 24.9 Å². The monoisotopic (exact) mass is 287 g/mol. The van der Waals surface area contributed by atoms with E-state index in [0.717, 1.165) is 22.8 Å². The van der Waals surface area contributed by atoms with Crippen molar-refractivity contribution in [2.24, 2.45) is 0 Å². The number of pyridine rings is 2. The fourth-order valence-corrected chi connectivity index (χ4v) is 2.50. The summed E-state index contributed by atoms with van der Waals surface area (Å²) in [5.41, 5.74) is 1.67. The molecule has 2 aromatic rings. The number of amides is 1. The zero-order valence-corrected chi connectivity index (χ0v) is 12.2. The Morgan fingerprint density at radius 1 is 1.25 bits per heavy atom. The van der Waals surface area contributed by atoms with Crippen LogP contribution in [0.2, 0.25) is 0 Å². The predicted molar refractivity (Wildman–Crippen MR) is 80.7 cm³/mol. The van der Waals surface area contributed by atoms with Gasteiger partial charge in [-0.1, -0.05) is 6.92 Å². The van der Waals surface area contributed by atoms with Gasteiger partial charge in [0.2, 0.25) is 0 Å². The van der Waals surface area contributed by atoms with Crippen molar-refractivity contribution >= 4 is 17.7 Å². The largest absolute Gasteiger partial charge is 0.348 e. The van der Waals surface area contributed by atoms with E-state index < -0.39 is 0 Å². The first-order chi connectivity index (χ1) is 9.81. The van der Waals surface area contributed by atoms with Gasteiger partial charge >= 0.3 is 0 Å². The Morgan fingerprint density at radius 2 is 2.05 bits per heavy atom. The van der Waals surface area contributed by atoms with E-state index in [2.05, 4.69) is 22.2 Å². The smallest absolute Gasteiger partial charge is 0.254 e. The number of hydrogen-bond acceptors (Lipinski definition) is 4. The molecule has 2 heterocycles. The fourth-order valence-electron chi connectivity index (χ4n) is 1.66. The molecule has 0 aliphatic heterocycles. The van der Waals surface area contributed by atoms with Gasteiger partial charge in [0.05, 0.1) is 5.56 Å². The maximum atomic E-state index is 12.2. The van der Waals surface area contributed by atoms with Crippen molar-refractivity contribution in [1.82, 2.24) is 15.3 Å². The maximum absolute atomic E-state index is 12.2.